The second-order valence-corrected chi connectivity index (χ2v) is 7.93. The van der Waals surface area contributed by atoms with Crippen molar-refractivity contribution in [1.82, 2.24) is 0 Å². The van der Waals surface area contributed by atoms with Gasteiger partial charge in [0.25, 0.3) is 11.8 Å². The van der Waals surface area contributed by atoms with Gasteiger partial charge in [0.05, 0.1) is 16.4 Å². The van der Waals surface area contributed by atoms with E-state index in [1.54, 1.807) is 48.5 Å². The van der Waals surface area contributed by atoms with Crippen LogP contribution < -0.4 is 15.4 Å². The molecule has 0 aromatic heterocycles. The Morgan fingerprint density at radius 1 is 1.06 bits per heavy atom. The highest BCUT2D eigenvalue weighted by Gasteiger charge is 2.14. The number of amides is 2. The number of rotatable bonds is 7. The molecule has 0 unspecified atom stereocenters. The van der Waals surface area contributed by atoms with E-state index in [9.17, 15) is 19.2 Å². The van der Waals surface area contributed by atoms with Gasteiger partial charge in [-0.1, -0.05) is 51.8 Å². The van der Waals surface area contributed by atoms with Crippen molar-refractivity contribution in [3.8, 4) is 11.8 Å². The number of nitriles is 1. The summed E-state index contributed by atoms with van der Waals surface area (Å²) < 4.78 is 19.9. The van der Waals surface area contributed by atoms with Crippen molar-refractivity contribution < 1.29 is 18.7 Å². The molecule has 2 N–H and O–H groups in total. The molecule has 2 amide bonds. The first-order chi connectivity index (χ1) is 15.9. The van der Waals surface area contributed by atoms with Crippen LogP contribution in [0, 0.1) is 17.1 Å². The van der Waals surface area contributed by atoms with E-state index in [1.165, 1.54) is 24.3 Å². The van der Waals surface area contributed by atoms with Crippen LogP contribution in [0.2, 0.25) is 5.02 Å². The number of nitrogens with zero attached hydrogens (tertiary/aromatic N) is 1. The minimum absolute atomic E-state index is 0.0324. The van der Waals surface area contributed by atoms with Crippen LogP contribution in [0.5, 0.6) is 5.75 Å². The van der Waals surface area contributed by atoms with Crippen molar-refractivity contribution in [2.45, 2.75) is 0 Å². The summed E-state index contributed by atoms with van der Waals surface area (Å²) in [6.07, 6.45) is 1.33. The first kappa shape index (κ1) is 24.0. The largest absolute Gasteiger partial charge is 0.483 e. The minimum Gasteiger partial charge on any atom is -0.483 e. The molecule has 0 spiro atoms. The van der Waals surface area contributed by atoms with Crippen molar-refractivity contribution >= 4 is 56.8 Å². The highest BCUT2D eigenvalue weighted by atomic mass is 79.9. The molecule has 0 atom stereocenters. The summed E-state index contributed by atoms with van der Waals surface area (Å²) >= 11 is 9.39. The number of halogens is 3. The minimum atomic E-state index is -0.658. The van der Waals surface area contributed by atoms with Gasteiger partial charge < -0.3 is 15.4 Å². The number of hydrogen-bond acceptors (Lipinski definition) is 4. The van der Waals surface area contributed by atoms with Crippen molar-refractivity contribution in [2.75, 3.05) is 17.2 Å². The van der Waals surface area contributed by atoms with Crippen molar-refractivity contribution in [3.63, 3.8) is 0 Å². The van der Waals surface area contributed by atoms with Crippen molar-refractivity contribution in [3.05, 3.63) is 93.2 Å². The van der Waals surface area contributed by atoms with Crippen molar-refractivity contribution in [1.29, 1.82) is 5.26 Å². The number of para-hydroxylation sites is 2. The second-order valence-electron chi connectivity index (χ2n) is 6.60. The summed E-state index contributed by atoms with van der Waals surface area (Å²) in [5.74, 6) is -1.55. The molecule has 3 rings (SSSR count). The number of hydrogen-bond donors (Lipinski definition) is 2. The van der Waals surface area contributed by atoms with Crippen LogP contribution in [-0.2, 0) is 9.59 Å². The van der Waals surface area contributed by atoms with Crippen LogP contribution in [0.4, 0.5) is 15.8 Å². The number of nitrogens with one attached hydrogen (secondary N) is 2. The van der Waals surface area contributed by atoms with Gasteiger partial charge in [0, 0.05) is 10.0 Å². The summed E-state index contributed by atoms with van der Waals surface area (Å²) in [5.41, 5.74) is 0.577. The topological polar surface area (TPSA) is 91.2 Å². The van der Waals surface area contributed by atoms with Crippen LogP contribution in [0.15, 0.2) is 76.8 Å². The Kier molecular flexibility index (Phi) is 8.19. The van der Waals surface area contributed by atoms with Gasteiger partial charge in [0.1, 0.15) is 23.2 Å². The zero-order valence-electron chi connectivity index (χ0n) is 16.9. The fraction of sp³-hybridized carbons (Fsp3) is 0.0417. The molecule has 0 bridgehead atoms. The van der Waals surface area contributed by atoms with E-state index in [4.69, 9.17) is 16.3 Å². The molecule has 0 saturated carbocycles. The fourth-order valence-electron chi connectivity index (χ4n) is 2.71. The number of anilines is 2. The molecule has 0 fully saturated rings. The Balaban J connectivity index is 1.76. The molecule has 3 aromatic rings. The first-order valence-corrected chi connectivity index (χ1v) is 10.7. The molecule has 33 heavy (non-hydrogen) atoms. The van der Waals surface area contributed by atoms with E-state index in [-0.39, 0.29) is 17.0 Å². The number of ether oxygens (including phenoxy) is 1. The Morgan fingerprint density at radius 3 is 2.45 bits per heavy atom. The maximum Gasteiger partial charge on any atom is 0.266 e. The highest BCUT2D eigenvalue weighted by molar-refractivity contribution is 9.10. The zero-order valence-corrected chi connectivity index (χ0v) is 19.3. The smallest absolute Gasteiger partial charge is 0.266 e. The molecule has 0 aliphatic rings. The SMILES string of the molecule is N#C/C(=C\c1cc(Br)ccc1OCC(=O)Nc1ccccc1F)C(=O)Nc1ccccc1Cl. The molecule has 3 aromatic carbocycles. The average Bonchev–Trinajstić information content (AvgIpc) is 2.79. The summed E-state index contributed by atoms with van der Waals surface area (Å²) in [4.78, 5) is 24.8. The van der Waals surface area contributed by atoms with E-state index in [2.05, 4.69) is 26.6 Å². The summed E-state index contributed by atoms with van der Waals surface area (Å²) in [7, 11) is 0. The Hall–Kier alpha value is -3.67. The lowest BCUT2D eigenvalue weighted by Gasteiger charge is -2.11. The van der Waals surface area contributed by atoms with Crippen LogP contribution in [0.1, 0.15) is 5.56 Å². The molecule has 0 heterocycles. The van der Waals surface area contributed by atoms with Gasteiger partial charge in [0.2, 0.25) is 0 Å². The maximum absolute atomic E-state index is 13.7. The number of benzene rings is 3. The molecule has 0 saturated heterocycles. The van der Waals surface area contributed by atoms with Gasteiger partial charge in [-0.3, -0.25) is 9.59 Å². The van der Waals surface area contributed by atoms with Gasteiger partial charge in [0.15, 0.2) is 6.61 Å². The lowest BCUT2D eigenvalue weighted by molar-refractivity contribution is -0.118. The molecular formula is C24H16BrClFN3O3. The molecule has 0 aliphatic carbocycles. The second kappa shape index (κ2) is 11.3. The first-order valence-electron chi connectivity index (χ1n) is 9.52. The van der Waals surface area contributed by atoms with Gasteiger partial charge in [-0.2, -0.15) is 5.26 Å². The van der Waals surface area contributed by atoms with E-state index >= 15 is 0 Å². The van der Waals surface area contributed by atoms with Crippen molar-refractivity contribution in [2.24, 2.45) is 0 Å². The molecular weight excluding hydrogens is 513 g/mol. The Morgan fingerprint density at radius 2 is 1.76 bits per heavy atom. The van der Waals surface area contributed by atoms with Crippen LogP contribution in [0.25, 0.3) is 6.08 Å². The van der Waals surface area contributed by atoms with Crippen LogP contribution >= 0.6 is 27.5 Å². The normalized spacial score (nSPS) is 10.8. The van der Waals surface area contributed by atoms with E-state index in [0.29, 0.717) is 20.7 Å². The average molecular weight is 529 g/mol. The third-order valence-corrected chi connectivity index (χ3v) is 5.09. The summed E-state index contributed by atoms with van der Waals surface area (Å²) in [6.45, 7) is -0.412. The quantitative estimate of drug-likeness (QED) is 0.299. The van der Waals surface area contributed by atoms with Crippen LogP contribution in [-0.4, -0.2) is 18.4 Å². The molecule has 0 radical (unpaired) electrons. The Bertz CT molecular complexity index is 1270. The van der Waals surface area contributed by atoms with E-state index < -0.39 is 24.2 Å². The summed E-state index contributed by atoms with van der Waals surface area (Å²) in [6, 6.07) is 19.1. The maximum atomic E-state index is 13.7. The monoisotopic (exact) mass is 527 g/mol. The summed E-state index contributed by atoms with van der Waals surface area (Å²) in [5, 5.41) is 14.8. The van der Waals surface area contributed by atoms with Gasteiger partial charge in [-0.25, -0.2) is 4.39 Å². The van der Waals surface area contributed by atoms with Gasteiger partial charge in [-0.15, -0.1) is 0 Å². The third-order valence-electron chi connectivity index (χ3n) is 4.27. The lowest BCUT2D eigenvalue weighted by atomic mass is 10.1. The number of carbonyl (C=O) groups is 2. The van der Waals surface area contributed by atoms with E-state index in [0.717, 1.165) is 0 Å². The molecule has 166 valence electrons. The third kappa shape index (κ3) is 6.65. The molecule has 9 heteroatoms. The lowest BCUT2D eigenvalue weighted by Crippen LogP contribution is -2.21. The standard InChI is InChI=1S/C24H16BrClFN3O3/c25-17-9-10-22(33-14-23(31)29-21-8-4-2-6-19(21)27)15(12-17)11-16(13-28)24(32)30-20-7-3-1-5-18(20)26/h1-12H,14H2,(H,29,31)(H,30,32)/b16-11+. The molecule has 0 aliphatic heterocycles. The number of carbonyl (C=O) groups excluding carboxylic acids is 2. The predicted octanol–water partition coefficient (Wildman–Crippen LogP) is 5.80. The predicted molar refractivity (Wildman–Crippen MR) is 128 cm³/mol. The zero-order chi connectivity index (χ0) is 23.8. The Labute approximate surface area is 202 Å². The highest BCUT2D eigenvalue weighted by Crippen LogP contribution is 2.27. The van der Waals surface area contributed by atoms with E-state index in [1.807, 2.05) is 6.07 Å². The van der Waals surface area contributed by atoms with Gasteiger partial charge in [-0.05, 0) is 48.5 Å². The van der Waals surface area contributed by atoms with Crippen LogP contribution in [0.3, 0.4) is 0 Å². The fourth-order valence-corrected chi connectivity index (χ4v) is 3.27. The van der Waals surface area contributed by atoms with Gasteiger partial charge >= 0.3 is 0 Å². The molecule has 6 nitrogen and oxygen atoms in total.